The van der Waals surface area contributed by atoms with Gasteiger partial charge in [0.25, 0.3) is 11.8 Å². The van der Waals surface area contributed by atoms with Crippen molar-refractivity contribution in [2.24, 2.45) is 0 Å². The van der Waals surface area contributed by atoms with Gasteiger partial charge in [-0.1, -0.05) is 30.3 Å². The smallest absolute Gasteiger partial charge is 0.346 e. The van der Waals surface area contributed by atoms with Crippen LogP contribution in [-0.2, 0) is 16.0 Å². The zero-order valence-corrected chi connectivity index (χ0v) is 22.3. The van der Waals surface area contributed by atoms with E-state index < -0.39 is 50.6 Å². The van der Waals surface area contributed by atoms with Crippen LogP contribution in [-0.4, -0.2) is 46.3 Å². The second kappa shape index (κ2) is 12.2. The van der Waals surface area contributed by atoms with Gasteiger partial charge in [-0.3, -0.25) is 29.8 Å². The standard InChI is InChI=1S/C28H28N4O8/c1-28(2,3)40-27(35)22(16-18-8-6-5-7-9-18)29-25(33)19-10-13-21(14-11-19)30(4)26(34)20-12-15-23(31(36)37)24(17-20)32(38)39/h5-15,17,22H,16H2,1-4H3,(H,29,33)/t22-/m0/s1. The van der Waals surface area contributed by atoms with Crippen molar-refractivity contribution in [2.75, 3.05) is 11.9 Å². The van der Waals surface area contributed by atoms with Gasteiger partial charge in [0.15, 0.2) is 0 Å². The first kappa shape index (κ1) is 29.4. The molecule has 0 aromatic heterocycles. The number of esters is 1. The SMILES string of the molecule is CN(C(=O)c1ccc([N+](=O)[O-])c([N+](=O)[O-])c1)c1ccc(C(=O)N[C@@H](Cc2ccccc2)C(=O)OC(C)(C)C)cc1. The number of hydrogen-bond acceptors (Lipinski definition) is 8. The molecule has 12 nitrogen and oxygen atoms in total. The molecule has 3 aromatic rings. The number of rotatable bonds is 9. The summed E-state index contributed by atoms with van der Waals surface area (Å²) in [6.07, 6.45) is 0.220. The number of hydrogen-bond donors (Lipinski definition) is 1. The molecule has 0 spiro atoms. The zero-order chi connectivity index (χ0) is 29.6. The Kier molecular flexibility index (Phi) is 8.94. The summed E-state index contributed by atoms with van der Waals surface area (Å²) in [6, 6.07) is 17.0. The summed E-state index contributed by atoms with van der Waals surface area (Å²) in [5, 5.41) is 25.0. The number of nitrogens with one attached hydrogen (secondary N) is 1. The molecule has 0 saturated heterocycles. The lowest BCUT2D eigenvalue weighted by atomic mass is 10.0. The minimum atomic E-state index is -0.948. The molecule has 0 aliphatic heterocycles. The Labute approximate surface area is 229 Å². The van der Waals surface area contributed by atoms with Crippen molar-refractivity contribution in [3.05, 3.63) is 110 Å². The molecule has 1 atom stereocenters. The molecule has 0 aliphatic carbocycles. The van der Waals surface area contributed by atoms with Crippen molar-refractivity contribution >= 4 is 34.8 Å². The lowest BCUT2D eigenvalue weighted by Crippen LogP contribution is -2.45. The van der Waals surface area contributed by atoms with Gasteiger partial charge in [-0.25, -0.2) is 4.79 Å². The summed E-state index contributed by atoms with van der Waals surface area (Å²) in [4.78, 5) is 60.5. The quantitative estimate of drug-likeness (QED) is 0.233. The fourth-order valence-electron chi connectivity index (χ4n) is 3.76. The van der Waals surface area contributed by atoms with Gasteiger partial charge < -0.3 is 15.0 Å². The third-order valence-corrected chi connectivity index (χ3v) is 5.72. The summed E-state index contributed by atoms with van der Waals surface area (Å²) < 4.78 is 5.49. The van der Waals surface area contributed by atoms with E-state index in [0.717, 1.165) is 23.8 Å². The van der Waals surface area contributed by atoms with Gasteiger partial charge in [-0.15, -0.1) is 0 Å². The molecular formula is C28H28N4O8. The van der Waals surface area contributed by atoms with Gasteiger partial charge in [0.05, 0.1) is 9.85 Å². The van der Waals surface area contributed by atoms with Crippen molar-refractivity contribution in [2.45, 2.75) is 38.8 Å². The highest BCUT2D eigenvalue weighted by Crippen LogP contribution is 2.28. The molecule has 3 aromatic carbocycles. The summed E-state index contributed by atoms with van der Waals surface area (Å²) in [5.74, 6) is -1.76. The number of carbonyl (C=O) groups excluding carboxylic acids is 3. The van der Waals surface area contributed by atoms with E-state index in [9.17, 15) is 34.6 Å². The Hall–Kier alpha value is -5.13. The van der Waals surface area contributed by atoms with E-state index in [1.165, 1.54) is 36.2 Å². The average molecular weight is 549 g/mol. The molecule has 0 unspecified atom stereocenters. The molecule has 208 valence electrons. The zero-order valence-electron chi connectivity index (χ0n) is 22.3. The molecule has 0 fully saturated rings. The molecule has 0 saturated carbocycles. The first-order valence-corrected chi connectivity index (χ1v) is 12.2. The highest BCUT2D eigenvalue weighted by molar-refractivity contribution is 6.06. The number of ether oxygens (including phenoxy) is 1. The van der Waals surface area contributed by atoms with E-state index in [1.807, 2.05) is 30.3 Å². The molecule has 3 rings (SSSR count). The Morgan fingerprint density at radius 2 is 1.45 bits per heavy atom. The van der Waals surface area contributed by atoms with Crippen molar-refractivity contribution in [1.29, 1.82) is 0 Å². The Bertz CT molecular complexity index is 1430. The topological polar surface area (TPSA) is 162 Å². The summed E-state index contributed by atoms with van der Waals surface area (Å²) >= 11 is 0. The first-order chi connectivity index (χ1) is 18.8. The molecule has 12 heteroatoms. The first-order valence-electron chi connectivity index (χ1n) is 12.2. The van der Waals surface area contributed by atoms with E-state index in [2.05, 4.69) is 5.32 Å². The highest BCUT2D eigenvalue weighted by atomic mass is 16.6. The van der Waals surface area contributed by atoms with E-state index in [1.54, 1.807) is 20.8 Å². The number of nitro benzene ring substituents is 2. The number of nitrogens with zero attached hydrogens (tertiary/aromatic N) is 3. The molecule has 2 amide bonds. The van der Waals surface area contributed by atoms with Crippen LogP contribution in [0.1, 0.15) is 47.1 Å². The predicted molar refractivity (Wildman–Crippen MR) is 146 cm³/mol. The van der Waals surface area contributed by atoms with Crippen LogP contribution in [0.15, 0.2) is 72.8 Å². The van der Waals surface area contributed by atoms with Crippen LogP contribution < -0.4 is 10.2 Å². The van der Waals surface area contributed by atoms with E-state index >= 15 is 0 Å². The molecule has 0 heterocycles. The Morgan fingerprint density at radius 1 is 0.875 bits per heavy atom. The number of amides is 2. The average Bonchev–Trinajstić information content (AvgIpc) is 2.91. The third kappa shape index (κ3) is 7.47. The number of benzene rings is 3. The third-order valence-electron chi connectivity index (χ3n) is 5.72. The lowest BCUT2D eigenvalue weighted by Gasteiger charge is -2.25. The molecule has 1 N–H and O–H groups in total. The highest BCUT2D eigenvalue weighted by Gasteiger charge is 2.28. The number of nitro groups is 2. The summed E-state index contributed by atoms with van der Waals surface area (Å²) in [6.45, 7) is 5.20. The molecule has 40 heavy (non-hydrogen) atoms. The van der Waals surface area contributed by atoms with Crippen LogP contribution in [0.2, 0.25) is 0 Å². The van der Waals surface area contributed by atoms with Gasteiger partial charge in [0.1, 0.15) is 11.6 Å². The number of anilines is 1. The van der Waals surface area contributed by atoms with Gasteiger partial charge in [-0.05, 0) is 56.7 Å². The molecule has 0 aliphatic rings. The summed E-state index contributed by atoms with van der Waals surface area (Å²) in [5.41, 5.74) is -0.987. The maximum absolute atomic E-state index is 13.0. The lowest BCUT2D eigenvalue weighted by molar-refractivity contribution is -0.422. The van der Waals surface area contributed by atoms with E-state index in [4.69, 9.17) is 4.74 Å². The minimum absolute atomic E-state index is 0.122. The predicted octanol–water partition coefficient (Wildman–Crippen LogP) is 4.46. The normalized spacial score (nSPS) is 11.7. The van der Waals surface area contributed by atoms with Gasteiger partial charge in [-0.2, -0.15) is 0 Å². The van der Waals surface area contributed by atoms with Gasteiger partial charge in [0, 0.05) is 42.4 Å². The summed E-state index contributed by atoms with van der Waals surface area (Å²) in [7, 11) is 1.42. The number of carbonyl (C=O) groups is 3. The van der Waals surface area contributed by atoms with Crippen molar-refractivity contribution < 1.29 is 29.0 Å². The fraction of sp³-hybridized carbons (Fsp3) is 0.250. The van der Waals surface area contributed by atoms with Crippen LogP contribution in [0.3, 0.4) is 0 Å². The van der Waals surface area contributed by atoms with Crippen molar-refractivity contribution in [3.63, 3.8) is 0 Å². The second-order valence-electron chi connectivity index (χ2n) is 9.88. The van der Waals surface area contributed by atoms with Crippen molar-refractivity contribution in [3.8, 4) is 0 Å². The maximum Gasteiger partial charge on any atom is 0.346 e. The molecule has 0 radical (unpaired) electrons. The Morgan fingerprint density at radius 3 is 2.00 bits per heavy atom. The second-order valence-corrected chi connectivity index (χ2v) is 9.88. The minimum Gasteiger partial charge on any atom is -0.458 e. The van der Waals surface area contributed by atoms with Crippen LogP contribution in [0.4, 0.5) is 17.1 Å². The molecule has 0 bridgehead atoms. The molecular weight excluding hydrogens is 520 g/mol. The van der Waals surface area contributed by atoms with Crippen LogP contribution >= 0.6 is 0 Å². The fourth-order valence-corrected chi connectivity index (χ4v) is 3.76. The Balaban J connectivity index is 1.77. The monoisotopic (exact) mass is 548 g/mol. The van der Waals surface area contributed by atoms with Crippen molar-refractivity contribution in [1.82, 2.24) is 5.32 Å². The maximum atomic E-state index is 13.0. The van der Waals surface area contributed by atoms with E-state index in [0.29, 0.717) is 5.69 Å². The van der Waals surface area contributed by atoms with Crippen LogP contribution in [0, 0.1) is 20.2 Å². The van der Waals surface area contributed by atoms with Crippen LogP contribution in [0.5, 0.6) is 0 Å². The van der Waals surface area contributed by atoms with Crippen LogP contribution in [0.25, 0.3) is 0 Å². The van der Waals surface area contributed by atoms with Gasteiger partial charge in [0.2, 0.25) is 0 Å². The van der Waals surface area contributed by atoms with Gasteiger partial charge >= 0.3 is 17.3 Å². The van der Waals surface area contributed by atoms with E-state index in [-0.39, 0.29) is 17.5 Å². The largest absolute Gasteiger partial charge is 0.458 e.